The number of pyridine rings is 1. The highest BCUT2D eigenvalue weighted by molar-refractivity contribution is 6.15. The van der Waals surface area contributed by atoms with Crippen molar-refractivity contribution in [3.05, 3.63) is 94.8 Å². The maximum absolute atomic E-state index is 13.4. The largest absolute Gasteiger partial charge is 0.452 e. The van der Waals surface area contributed by atoms with Gasteiger partial charge in [-0.25, -0.2) is 9.18 Å². The van der Waals surface area contributed by atoms with Crippen LogP contribution in [-0.2, 0) is 0 Å². The molecule has 0 unspecified atom stereocenters. The summed E-state index contributed by atoms with van der Waals surface area (Å²) in [6.07, 6.45) is 4.44. The van der Waals surface area contributed by atoms with Gasteiger partial charge in [-0.05, 0) is 54.5 Å². The maximum atomic E-state index is 13.4. The summed E-state index contributed by atoms with van der Waals surface area (Å²) in [6, 6.07) is 12.2. The molecular weight excluding hydrogens is 361 g/mol. The first-order chi connectivity index (χ1) is 13.5. The van der Waals surface area contributed by atoms with Crippen LogP contribution in [0, 0.1) is 12.7 Å². The molecular formula is C22H14FNO4. The van der Waals surface area contributed by atoms with Crippen LogP contribution in [0.5, 0.6) is 11.5 Å². The molecule has 0 saturated carbocycles. The van der Waals surface area contributed by atoms with Crippen molar-refractivity contribution in [3.63, 3.8) is 0 Å². The molecule has 5 nitrogen and oxygen atoms in total. The summed E-state index contributed by atoms with van der Waals surface area (Å²) < 4.78 is 24.4. The summed E-state index contributed by atoms with van der Waals surface area (Å²) in [5.74, 6) is -0.640. The zero-order valence-electron chi connectivity index (χ0n) is 14.8. The summed E-state index contributed by atoms with van der Waals surface area (Å²) in [5.41, 5.74) is 1.82. The van der Waals surface area contributed by atoms with E-state index >= 15 is 0 Å². The van der Waals surface area contributed by atoms with Gasteiger partial charge in [0, 0.05) is 18.5 Å². The Hall–Kier alpha value is -3.80. The predicted octanol–water partition coefficient (Wildman–Crippen LogP) is 4.36. The number of benzene rings is 2. The lowest BCUT2D eigenvalue weighted by molar-refractivity contribution is 0.0734. The number of esters is 1. The summed E-state index contributed by atoms with van der Waals surface area (Å²) in [6.45, 7) is 1.73. The van der Waals surface area contributed by atoms with Gasteiger partial charge in [-0.1, -0.05) is 12.1 Å². The van der Waals surface area contributed by atoms with Crippen molar-refractivity contribution in [2.24, 2.45) is 0 Å². The molecule has 28 heavy (non-hydrogen) atoms. The molecule has 0 atom stereocenters. The van der Waals surface area contributed by atoms with E-state index < -0.39 is 11.8 Å². The van der Waals surface area contributed by atoms with E-state index in [9.17, 15) is 14.0 Å². The number of carbonyl (C=O) groups excluding carboxylic acids is 2. The minimum Gasteiger partial charge on any atom is -0.452 e. The number of rotatable bonds is 3. The molecule has 0 spiro atoms. The lowest BCUT2D eigenvalue weighted by Crippen LogP contribution is -2.09. The van der Waals surface area contributed by atoms with Gasteiger partial charge < -0.3 is 9.47 Å². The summed E-state index contributed by atoms with van der Waals surface area (Å²) in [5, 5.41) is 0. The highest BCUT2D eigenvalue weighted by Gasteiger charge is 2.30. The molecule has 3 aromatic rings. The first kappa shape index (κ1) is 17.6. The molecule has 4 rings (SSSR count). The Balaban J connectivity index is 1.62. The minimum absolute atomic E-state index is 0.0828. The van der Waals surface area contributed by atoms with Gasteiger partial charge in [-0.2, -0.15) is 0 Å². The molecule has 2 aromatic carbocycles. The first-order valence-corrected chi connectivity index (χ1v) is 8.48. The van der Waals surface area contributed by atoms with E-state index in [4.69, 9.17) is 9.47 Å². The molecule has 1 aromatic heterocycles. The molecule has 2 heterocycles. The zero-order valence-corrected chi connectivity index (χ0v) is 14.8. The van der Waals surface area contributed by atoms with Gasteiger partial charge in [0.25, 0.3) is 0 Å². The number of nitrogens with zero attached hydrogens (tertiary/aromatic N) is 1. The Morgan fingerprint density at radius 3 is 2.79 bits per heavy atom. The van der Waals surface area contributed by atoms with Crippen LogP contribution in [0.1, 0.15) is 31.8 Å². The third-order valence-electron chi connectivity index (χ3n) is 4.20. The number of aryl methyl sites for hydroxylation is 1. The van der Waals surface area contributed by atoms with E-state index in [1.54, 1.807) is 43.5 Å². The van der Waals surface area contributed by atoms with E-state index in [0.717, 1.165) is 0 Å². The number of ketones is 1. The van der Waals surface area contributed by atoms with Crippen molar-refractivity contribution in [1.82, 2.24) is 4.98 Å². The third-order valence-corrected chi connectivity index (χ3v) is 4.20. The molecule has 6 heteroatoms. The maximum Gasteiger partial charge on any atom is 0.345 e. The van der Waals surface area contributed by atoms with Crippen LogP contribution in [0.3, 0.4) is 0 Å². The van der Waals surface area contributed by atoms with E-state index in [-0.39, 0.29) is 17.3 Å². The highest BCUT2D eigenvalue weighted by atomic mass is 19.1. The molecule has 0 fully saturated rings. The lowest BCUT2D eigenvalue weighted by atomic mass is 10.0. The number of hydrogen-bond donors (Lipinski definition) is 0. The molecule has 0 radical (unpaired) electrons. The first-order valence-electron chi connectivity index (χ1n) is 8.48. The second-order valence-corrected chi connectivity index (χ2v) is 6.24. The van der Waals surface area contributed by atoms with Crippen LogP contribution in [0.15, 0.2) is 66.7 Å². The highest BCUT2D eigenvalue weighted by Crippen LogP contribution is 2.37. The third kappa shape index (κ3) is 3.40. The fraction of sp³-hybridized carbons (Fsp3) is 0.0455. The van der Waals surface area contributed by atoms with Crippen molar-refractivity contribution in [2.45, 2.75) is 6.92 Å². The monoisotopic (exact) mass is 375 g/mol. The quantitative estimate of drug-likeness (QED) is 0.386. The number of allylic oxidation sites excluding steroid dienone is 1. The van der Waals surface area contributed by atoms with Gasteiger partial charge >= 0.3 is 5.97 Å². The van der Waals surface area contributed by atoms with E-state index in [2.05, 4.69) is 4.98 Å². The van der Waals surface area contributed by atoms with Gasteiger partial charge in [-0.15, -0.1) is 0 Å². The van der Waals surface area contributed by atoms with Gasteiger partial charge in [0.2, 0.25) is 5.78 Å². The standard InChI is InChI=1S/C22H14FNO4/c1-13-8-17(27-22(26)15-5-3-7-24-12-15)11-18-20(13)21(25)19(28-18)10-14-4-2-6-16(23)9-14/h2-12H,1H3/b19-10-. The topological polar surface area (TPSA) is 65.5 Å². The van der Waals surface area contributed by atoms with Crippen molar-refractivity contribution in [3.8, 4) is 11.5 Å². The smallest absolute Gasteiger partial charge is 0.345 e. The fourth-order valence-corrected chi connectivity index (χ4v) is 2.93. The van der Waals surface area contributed by atoms with E-state index in [1.165, 1.54) is 30.5 Å². The molecule has 0 amide bonds. The van der Waals surface area contributed by atoms with Crippen LogP contribution >= 0.6 is 0 Å². The second-order valence-electron chi connectivity index (χ2n) is 6.24. The number of hydrogen-bond acceptors (Lipinski definition) is 5. The van der Waals surface area contributed by atoms with Crippen molar-refractivity contribution >= 4 is 17.8 Å². The summed E-state index contributed by atoms with van der Waals surface area (Å²) >= 11 is 0. The fourth-order valence-electron chi connectivity index (χ4n) is 2.93. The molecule has 1 aliphatic rings. The van der Waals surface area contributed by atoms with Crippen LogP contribution in [0.25, 0.3) is 6.08 Å². The van der Waals surface area contributed by atoms with Gasteiger partial charge in [0.15, 0.2) is 5.76 Å². The van der Waals surface area contributed by atoms with Gasteiger partial charge in [0.05, 0.1) is 11.1 Å². The SMILES string of the molecule is Cc1cc(OC(=O)c2cccnc2)cc2c1C(=O)/C(=C/c1cccc(F)c1)O2. The minimum atomic E-state index is -0.563. The van der Waals surface area contributed by atoms with Crippen molar-refractivity contribution in [2.75, 3.05) is 0 Å². The van der Waals surface area contributed by atoms with Crippen LogP contribution in [0.2, 0.25) is 0 Å². The lowest BCUT2D eigenvalue weighted by Gasteiger charge is -2.07. The number of halogens is 1. The van der Waals surface area contributed by atoms with Crippen LogP contribution in [0.4, 0.5) is 4.39 Å². The summed E-state index contributed by atoms with van der Waals surface area (Å²) in [7, 11) is 0. The Morgan fingerprint density at radius 1 is 1.18 bits per heavy atom. The van der Waals surface area contributed by atoms with Gasteiger partial charge in [-0.3, -0.25) is 9.78 Å². The van der Waals surface area contributed by atoms with Gasteiger partial charge in [0.1, 0.15) is 17.3 Å². The number of ether oxygens (including phenoxy) is 2. The van der Waals surface area contributed by atoms with Crippen molar-refractivity contribution < 1.29 is 23.5 Å². The average Bonchev–Trinajstić information content (AvgIpc) is 2.98. The predicted molar refractivity (Wildman–Crippen MR) is 99.7 cm³/mol. The average molecular weight is 375 g/mol. The molecule has 0 N–H and O–H groups in total. The number of carbonyl (C=O) groups is 2. The van der Waals surface area contributed by atoms with Crippen molar-refractivity contribution in [1.29, 1.82) is 0 Å². The zero-order chi connectivity index (χ0) is 19.7. The van der Waals surface area contributed by atoms with Crippen LogP contribution < -0.4 is 9.47 Å². The number of fused-ring (bicyclic) bond motifs is 1. The van der Waals surface area contributed by atoms with E-state index in [1.807, 2.05) is 0 Å². The Bertz CT molecular complexity index is 1120. The second kappa shape index (κ2) is 7.08. The number of aromatic nitrogens is 1. The Morgan fingerprint density at radius 2 is 2.04 bits per heavy atom. The molecule has 138 valence electrons. The number of Topliss-reactive ketones (excluding diaryl/α,β-unsaturated/α-hetero) is 1. The molecule has 1 aliphatic heterocycles. The molecule has 0 aliphatic carbocycles. The molecule has 0 bridgehead atoms. The summed E-state index contributed by atoms with van der Waals surface area (Å²) in [4.78, 5) is 28.8. The Kier molecular flexibility index (Phi) is 4.45. The normalized spacial score (nSPS) is 13.9. The van der Waals surface area contributed by atoms with Crippen LogP contribution in [-0.4, -0.2) is 16.7 Å². The van der Waals surface area contributed by atoms with E-state index in [0.29, 0.717) is 28.0 Å². The Labute approximate surface area is 160 Å². The molecule has 0 saturated heterocycles.